The van der Waals surface area contributed by atoms with Crippen molar-refractivity contribution in [3.05, 3.63) is 36.5 Å². The van der Waals surface area contributed by atoms with Crippen LogP contribution in [0.25, 0.3) is 22.9 Å². The molecular weight excluding hydrogens is 510 g/mol. The molecule has 1 unspecified atom stereocenters. The number of carbonyl (C=O) groups excluding carboxylic acids is 1. The number of anilines is 3. The molecule has 4 aliphatic heterocycles. The van der Waals surface area contributed by atoms with Gasteiger partial charge in [-0.1, -0.05) is 6.92 Å². The van der Waals surface area contributed by atoms with Gasteiger partial charge in [0.25, 0.3) is 0 Å². The summed E-state index contributed by atoms with van der Waals surface area (Å²) in [5, 5.41) is 13.0. The Balaban J connectivity index is 1.27. The van der Waals surface area contributed by atoms with E-state index in [1.54, 1.807) is 6.20 Å². The van der Waals surface area contributed by atoms with Gasteiger partial charge in [-0.15, -0.1) is 10.2 Å². The molecule has 10 heteroatoms. The monoisotopic (exact) mass is 545 g/mol. The van der Waals surface area contributed by atoms with Gasteiger partial charge in [-0.2, -0.15) is 0 Å². The summed E-state index contributed by atoms with van der Waals surface area (Å²) in [5.74, 6) is 1.97. The lowest BCUT2D eigenvalue weighted by atomic mass is 9.80. The van der Waals surface area contributed by atoms with E-state index in [1.807, 2.05) is 24.1 Å². The number of fused-ring (bicyclic) bond motifs is 4. The summed E-state index contributed by atoms with van der Waals surface area (Å²) in [6.07, 6.45) is 8.22. The van der Waals surface area contributed by atoms with Gasteiger partial charge in [0.15, 0.2) is 0 Å². The van der Waals surface area contributed by atoms with Crippen LogP contribution in [0.4, 0.5) is 17.2 Å². The summed E-state index contributed by atoms with van der Waals surface area (Å²) >= 11 is 1.81. The van der Waals surface area contributed by atoms with Crippen molar-refractivity contribution in [3.63, 3.8) is 0 Å². The number of hydrogen-bond donors (Lipinski definition) is 2. The highest BCUT2D eigenvalue weighted by Gasteiger charge is 2.34. The maximum atomic E-state index is 13.2. The Kier molecular flexibility index (Phi) is 6.37. The van der Waals surface area contributed by atoms with Crippen molar-refractivity contribution in [2.24, 2.45) is 11.3 Å². The fourth-order valence-electron chi connectivity index (χ4n) is 5.86. The Hall–Kier alpha value is -3.27. The number of benzene rings is 1. The third-order valence-corrected chi connectivity index (χ3v) is 9.79. The molecule has 3 fully saturated rings. The topological polar surface area (TPSA) is 99.4 Å². The van der Waals surface area contributed by atoms with Crippen LogP contribution in [-0.2, 0) is 4.79 Å². The second-order valence-electron chi connectivity index (χ2n) is 11.8. The van der Waals surface area contributed by atoms with Gasteiger partial charge in [-0.25, -0.2) is 4.98 Å². The third-order valence-electron chi connectivity index (χ3n) is 8.63. The first-order valence-electron chi connectivity index (χ1n) is 14.2. The van der Waals surface area contributed by atoms with Crippen molar-refractivity contribution in [1.29, 1.82) is 0 Å². The average Bonchev–Trinajstić information content (AvgIpc) is 3.68. The van der Waals surface area contributed by atoms with Gasteiger partial charge in [-0.3, -0.25) is 4.79 Å². The molecule has 6 heterocycles. The van der Waals surface area contributed by atoms with E-state index in [4.69, 9.17) is 4.42 Å². The summed E-state index contributed by atoms with van der Waals surface area (Å²) in [5.41, 5.74) is 4.04. The number of piperidine rings is 2. The lowest BCUT2D eigenvalue weighted by molar-refractivity contribution is -0.125. The normalized spacial score (nSPS) is 24.9. The summed E-state index contributed by atoms with van der Waals surface area (Å²) in [6.45, 7) is 6.38. The van der Waals surface area contributed by atoms with Crippen molar-refractivity contribution in [1.82, 2.24) is 20.5 Å². The van der Waals surface area contributed by atoms with E-state index in [0.29, 0.717) is 30.1 Å². The zero-order chi connectivity index (χ0) is 26.4. The van der Waals surface area contributed by atoms with Crippen molar-refractivity contribution in [3.8, 4) is 22.9 Å². The van der Waals surface area contributed by atoms with E-state index < -0.39 is 0 Å². The van der Waals surface area contributed by atoms with E-state index in [2.05, 4.69) is 60.1 Å². The van der Waals surface area contributed by atoms with Crippen LogP contribution < -0.4 is 19.8 Å². The minimum Gasteiger partial charge on any atom is -0.416 e. The van der Waals surface area contributed by atoms with E-state index in [-0.39, 0.29) is 17.2 Å². The zero-order valence-corrected chi connectivity index (χ0v) is 23.2. The Morgan fingerprint density at radius 1 is 1.05 bits per heavy atom. The molecule has 2 aromatic heterocycles. The van der Waals surface area contributed by atoms with Crippen LogP contribution in [0, 0.1) is 11.3 Å². The molecule has 0 spiro atoms. The number of rotatable bonds is 3. The predicted molar refractivity (Wildman–Crippen MR) is 155 cm³/mol. The molecule has 5 aliphatic rings. The van der Waals surface area contributed by atoms with E-state index in [9.17, 15) is 4.79 Å². The summed E-state index contributed by atoms with van der Waals surface area (Å²) in [6, 6.07) is 10.3. The molecule has 204 valence electrons. The number of carbonyl (C=O) groups is 1. The second-order valence-corrected chi connectivity index (χ2v) is 12.9. The summed E-state index contributed by atoms with van der Waals surface area (Å²) in [7, 11) is 0. The van der Waals surface area contributed by atoms with Crippen LogP contribution in [-0.4, -0.2) is 59.1 Å². The van der Waals surface area contributed by atoms with Crippen LogP contribution >= 0.6 is 11.9 Å². The van der Waals surface area contributed by atoms with Crippen molar-refractivity contribution in [2.45, 2.75) is 50.7 Å². The Bertz CT molecular complexity index is 1370. The highest BCUT2D eigenvalue weighted by molar-refractivity contribution is 8.01. The maximum Gasteiger partial charge on any atom is 0.250 e. The van der Waals surface area contributed by atoms with Gasteiger partial charge >= 0.3 is 0 Å². The van der Waals surface area contributed by atoms with Gasteiger partial charge in [0.05, 0.1) is 17.2 Å². The highest BCUT2D eigenvalue weighted by Crippen LogP contribution is 2.41. The van der Waals surface area contributed by atoms with Gasteiger partial charge in [0, 0.05) is 55.4 Å². The number of amides is 1. The van der Waals surface area contributed by atoms with E-state index in [1.165, 1.54) is 12.8 Å². The van der Waals surface area contributed by atoms with Gasteiger partial charge in [-0.05, 0) is 86.2 Å². The molecule has 9 nitrogen and oxygen atoms in total. The quantitative estimate of drug-likeness (QED) is 0.442. The van der Waals surface area contributed by atoms with Crippen molar-refractivity contribution < 1.29 is 9.21 Å². The van der Waals surface area contributed by atoms with Gasteiger partial charge in [0.2, 0.25) is 17.7 Å². The van der Waals surface area contributed by atoms with Crippen LogP contribution in [0.3, 0.4) is 0 Å². The fraction of sp³-hybridized carbons (Fsp3) is 0.517. The summed E-state index contributed by atoms with van der Waals surface area (Å²) in [4.78, 5) is 22.5. The molecule has 1 amide bonds. The molecular formula is C29H35N7O2S. The van der Waals surface area contributed by atoms with Crippen LogP contribution in [0.5, 0.6) is 0 Å². The molecule has 39 heavy (non-hydrogen) atoms. The molecule has 2 saturated heterocycles. The minimum absolute atomic E-state index is 0.0342. The zero-order valence-electron chi connectivity index (χ0n) is 22.4. The lowest BCUT2D eigenvalue weighted by Gasteiger charge is -2.41. The van der Waals surface area contributed by atoms with Crippen LogP contribution in [0.15, 0.2) is 40.9 Å². The molecule has 8 rings (SSSR count). The number of nitrogens with zero attached hydrogens (tertiary/aromatic N) is 5. The largest absolute Gasteiger partial charge is 0.416 e. The molecule has 8 bridgehead atoms. The molecule has 1 atom stereocenters. The average molecular weight is 546 g/mol. The molecule has 1 aromatic carbocycles. The minimum atomic E-state index is -0.0342. The maximum absolute atomic E-state index is 13.2. The smallest absolute Gasteiger partial charge is 0.250 e. The lowest BCUT2D eigenvalue weighted by Crippen LogP contribution is -2.48. The molecule has 3 aromatic rings. The number of pyridine rings is 1. The molecule has 1 saturated carbocycles. The number of hydrogen-bond acceptors (Lipinski definition) is 9. The Morgan fingerprint density at radius 2 is 1.90 bits per heavy atom. The number of aromatic nitrogens is 3. The fourth-order valence-corrected chi connectivity index (χ4v) is 6.66. The third kappa shape index (κ3) is 5.18. The first kappa shape index (κ1) is 24.7. The Morgan fingerprint density at radius 3 is 2.74 bits per heavy atom. The van der Waals surface area contributed by atoms with Crippen LogP contribution in [0.2, 0.25) is 0 Å². The van der Waals surface area contributed by atoms with E-state index in [0.717, 1.165) is 73.6 Å². The molecule has 2 N–H and O–H groups in total. The molecule has 0 radical (unpaired) electrons. The van der Waals surface area contributed by atoms with Gasteiger partial charge < -0.3 is 24.3 Å². The summed E-state index contributed by atoms with van der Waals surface area (Å²) < 4.78 is 9.85. The van der Waals surface area contributed by atoms with Crippen molar-refractivity contribution >= 4 is 35.0 Å². The molecule has 1 aliphatic carbocycles. The second kappa shape index (κ2) is 10.0. The highest BCUT2D eigenvalue weighted by atomic mass is 32.2. The SMILES string of the molecule is CC12CCN(CC1)c1cc(NSC3CC3)ccc1-c1nnc(o1)-c1ccnc(c1)N1CCCC(C1)C(=O)NC2. The standard InChI is InChI=1S/C29H35N7O2S/c1-29-9-13-35(14-10-29)24-16-21(34-39-22-5-6-22)4-7-23(24)28-33-32-27(38-28)19-8-11-30-25(15-19)36-12-2-3-20(17-36)26(37)31-18-29/h4,7-8,11,15-16,20,22,34H,2-3,5-6,9-10,12-14,17-18H2,1H3,(H,31,37). The first-order chi connectivity index (χ1) is 19.0. The Labute approximate surface area is 233 Å². The van der Waals surface area contributed by atoms with Crippen LogP contribution in [0.1, 0.15) is 45.4 Å². The first-order valence-corrected chi connectivity index (χ1v) is 15.0. The predicted octanol–water partition coefficient (Wildman–Crippen LogP) is 4.97. The van der Waals surface area contributed by atoms with E-state index >= 15 is 0 Å². The number of nitrogens with one attached hydrogen (secondary N) is 2. The van der Waals surface area contributed by atoms with Crippen molar-refractivity contribution in [2.75, 3.05) is 47.2 Å². The van der Waals surface area contributed by atoms with Gasteiger partial charge in [0.1, 0.15) is 5.82 Å².